The third-order valence-electron chi connectivity index (χ3n) is 2.17. The summed E-state index contributed by atoms with van der Waals surface area (Å²) in [6, 6.07) is 6.92. The molecular formula is C14H17NO5. The van der Waals surface area contributed by atoms with Gasteiger partial charge in [0.1, 0.15) is 12.4 Å². The van der Waals surface area contributed by atoms with Crippen molar-refractivity contribution < 1.29 is 23.8 Å². The molecule has 0 saturated heterocycles. The second kappa shape index (κ2) is 7.83. The zero-order valence-corrected chi connectivity index (χ0v) is 11.5. The van der Waals surface area contributed by atoms with Crippen molar-refractivity contribution in [2.45, 2.75) is 13.3 Å². The molecule has 0 unspecified atom stereocenters. The highest BCUT2D eigenvalue weighted by Crippen LogP contribution is 2.22. The van der Waals surface area contributed by atoms with E-state index < -0.39 is 12.1 Å². The molecule has 6 heteroatoms. The topological polar surface area (TPSA) is 73.9 Å². The van der Waals surface area contributed by atoms with E-state index in [0.717, 1.165) is 0 Å². The first kappa shape index (κ1) is 15.6. The first-order valence-corrected chi connectivity index (χ1v) is 5.96. The van der Waals surface area contributed by atoms with Crippen LogP contribution >= 0.6 is 0 Å². The molecule has 20 heavy (non-hydrogen) atoms. The first-order valence-electron chi connectivity index (χ1n) is 5.96. The van der Waals surface area contributed by atoms with Gasteiger partial charge < -0.3 is 14.2 Å². The molecule has 0 aliphatic rings. The number of ether oxygens (including phenoxy) is 3. The zero-order chi connectivity index (χ0) is 15.0. The van der Waals surface area contributed by atoms with E-state index in [4.69, 9.17) is 14.2 Å². The summed E-state index contributed by atoms with van der Waals surface area (Å²) in [5.41, 5.74) is 0.490. The van der Waals surface area contributed by atoms with E-state index in [0.29, 0.717) is 17.2 Å². The van der Waals surface area contributed by atoms with Crippen LogP contribution in [0.15, 0.2) is 36.6 Å². The van der Waals surface area contributed by atoms with Gasteiger partial charge in [-0.3, -0.25) is 10.1 Å². The van der Waals surface area contributed by atoms with Crippen LogP contribution in [0.4, 0.5) is 10.5 Å². The number of amides is 1. The fraction of sp³-hybridized carbons (Fsp3) is 0.286. The molecule has 0 heterocycles. The largest absolute Gasteiger partial charge is 0.495 e. The second-order valence-electron chi connectivity index (χ2n) is 3.89. The Bertz CT molecular complexity index is 498. The van der Waals surface area contributed by atoms with Gasteiger partial charge in [0.25, 0.3) is 0 Å². The average molecular weight is 279 g/mol. The maximum absolute atomic E-state index is 11.5. The number of carbonyl (C=O) groups excluding carboxylic acids is 2. The molecule has 108 valence electrons. The van der Waals surface area contributed by atoms with Crippen molar-refractivity contribution in [2.75, 3.05) is 19.0 Å². The van der Waals surface area contributed by atoms with Crippen LogP contribution in [0.2, 0.25) is 0 Å². The van der Waals surface area contributed by atoms with Gasteiger partial charge in [0.15, 0.2) is 0 Å². The van der Waals surface area contributed by atoms with E-state index in [1.165, 1.54) is 7.11 Å². The Morgan fingerprint density at radius 2 is 2.00 bits per heavy atom. The molecule has 1 aromatic rings. The molecule has 1 rings (SSSR count). The number of allylic oxidation sites excluding steroid dienone is 1. The van der Waals surface area contributed by atoms with Crippen molar-refractivity contribution in [3.8, 4) is 5.75 Å². The smallest absolute Gasteiger partial charge is 0.411 e. The summed E-state index contributed by atoms with van der Waals surface area (Å²) in [5, 5.41) is 2.52. The highest BCUT2D eigenvalue weighted by Gasteiger charge is 2.09. The molecule has 0 bridgehead atoms. The molecule has 1 aromatic carbocycles. The number of para-hydroxylation sites is 2. The molecule has 0 atom stereocenters. The lowest BCUT2D eigenvalue weighted by molar-refractivity contribution is -0.140. The SMILES string of the molecule is C=C(C)OC(=O)CCOC(=O)Nc1ccccc1OC. The molecular weight excluding hydrogens is 262 g/mol. The van der Waals surface area contributed by atoms with Gasteiger partial charge in [0, 0.05) is 0 Å². The Labute approximate surface area is 117 Å². The molecule has 0 fully saturated rings. The van der Waals surface area contributed by atoms with Gasteiger partial charge in [-0.1, -0.05) is 18.7 Å². The predicted molar refractivity (Wildman–Crippen MR) is 73.5 cm³/mol. The number of anilines is 1. The van der Waals surface area contributed by atoms with Crippen molar-refractivity contribution in [1.29, 1.82) is 0 Å². The van der Waals surface area contributed by atoms with Gasteiger partial charge in [-0.15, -0.1) is 0 Å². The molecule has 0 spiro atoms. The lowest BCUT2D eigenvalue weighted by Gasteiger charge is -2.10. The molecule has 0 aliphatic carbocycles. The van der Waals surface area contributed by atoms with E-state index in [1.807, 2.05) is 0 Å². The van der Waals surface area contributed by atoms with Gasteiger partial charge in [0.05, 0.1) is 25.0 Å². The standard InChI is InChI=1S/C14H17NO5/c1-10(2)20-13(16)8-9-19-14(17)15-11-6-4-5-7-12(11)18-3/h4-7H,1,8-9H2,2-3H3,(H,15,17). The maximum Gasteiger partial charge on any atom is 0.411 e. The highest BCUT2D eigenvalue weighted by atomic mass is 16.6. The Hall–Kier alpha value is -2.50. The Morgan fingerprint density at radius 1 is 1.30 bits per heavy atom. The molecule has 1 amide bonds. The summed E-state index contributed by atoms with van der Waals surface area (Å²) in [4.78, 5) is 22.7. The number of hydrogen-bond acceptors (Lipinski definition) is 5. The fourth-order valence-corrected chi connectivity index (χ4v) is 1.37. The number of hydrogen-bond donors (Lipinski definition) is 1. The van der Waals surface area contributed by atoms with E-state index in [2.05, 4.69) is 11.9 Å². The van der Waals surface area contributed by atoms with Crippen LogP contribution in [0.25, 0.3) is 0 Å². The minimum atomic E-state index is -0.669. The van der Waals surface area contributed by atoms with Gasteiger partial charge in [-0.25, -0.2) is 4.79 Å². The molecule has 0 saturated carbocycles. The number of nitrogens with one attached hydrogen (secondary N) is 1. The van der Waals surface area contributed by atoms with Crippen molar-refractivity contribution >= 4 is 17.7 Å². The van der Waals surface area contributed by atoms with E-state index in [9.17, 15) is 9.59 Å². The summed E-state index contributed by atoms with van der Waals surface area (Å²) in [6.07, 6.45) is -0.704. The minimum Gasteiger partial charge on any atom is -0.495 e. The summed E-state index contributed by atoms with van der Waals surface area (Å²) < 4.78 is 14.7. The monoisotopic (exact) mass is 279 g/mol. The molecule has 6 nitrogen and oxygen atoms in total. The third kappa shape index (κ3) is 5.43. The summed E-state index contributed by atoms with van der Waals surface area (Å²) >= 11 is 0. The van der Waals surface area contributed by atoms with Crippen LogP contribution in [0, 0.1) is 0 Å². The molecule has 0 aromatic heterocycles. The van der Waals surface area contributed by atoms with Gasteiger partial charge in [-0.05, 0) is 19.1 Å². The number of rotatable bonds is 6. The fourth-order valence-electron chi connectivity index (χ4n) is 1.37. The average Bonchev–Trinajstić information content (AvgIpc) is 2.38. The predicted octanol–water partition coefficient (Wildman–Crippen LogP) is 2.71. The summed E-state index contributed by atoms with van der Waals surface area (Å²) in [6.45, 7) is 4.92. The van der Waals surface area contributed by atoms with Crippen LogP contribution in [-0.2, 0) is 14.3 Å². The number of carbonyl (C=O) groups is 2. The number of methoxy groups -OCH3 is 1. The van der Waals surface area contributed by atoms with Crippen molar-refractivity contribution in [1.82, 2.24) is 0 Å². The van der Waals surface area contributed by atoms with Crippen LogP contribution < -0.4 is 10.1 Å². The van der Waals surface area contributed by atoms with Crippen LogP contribution in [0.3, 0.4) is 0 Å². The van der Waals surface area contributed by atoms with Crippen LogP contribution in [0.5, 0.6) is 5.75 Å². The summed E-state index contributed by atoms with van der Waals surface area (Å²) in [7, 11) is 1.50. The van der Waals surface area contributed by atoms with Crippen molar-refractivity contribution in [3.05, 3.63) is 36.6 Å². The highest BCUT2D eigenvalue weighted by molar-refractivity contribution is 5.86. The van der Waals surface area contributed by atoms with Gasteiger partial charge in [-0.2, -0.15) is 0 Å². The minimum absolute atomic E-state index is 0.0355. The molecule has 1 N–H and O–H groups in total. The van der Waals surface area contributed by atoms with E-state index >= 15 is 0 Å². The van der Waals surface area contributed by atoms with E-state index in [-0.39, 0.29) is 13.0 Å². The summed E-state index contributed by atoms with van der Waals surface area (Å²) in [5.74, 6) is 0.321. The Kier molecular flexibility index (Phi) is 6.09. The zero-order valence-electron chi connectivity index (χ0n) is 11.5. The normalized spacial score (nSPS) is 9.50. The maximum atomic E-state index is 11.5. The van der Waals surface area contributed by atoms with Crippen LogP contribution in [0.1, 0.15) is 13.3 Å². The number of benzene rings is 1. The number of esters is 1. The van der Waals surface area contributed by atoms with Crippen molar-refractivity contribution in [3.63, 3.8) is 0 Å². The quantitative estimate of drug-likeness (QED) is 0.640. The lowest BCUT2D eigenvalue weighted by atomic mass is 10.3. The Balaban J connectivity index is 2.37. The van der Waals surface area contributed by atoms with E-state index in [1.54, 1.807) is 31.2 Å². The molecule has 0 radical (unpaired) electrons. The Morgan fingerprint density at radius 3 is 2.65 bits per heavy atom. The lowest BCUT2D eigenvalue weighted by Crippen LogP contribution is -2.17. The van der Waals surface area contributed by atoms with Gasteiger partial charge in [0.2, 0.25) is 0 Å². The van der Waals surface area contributed by atoms with Crippen molar-refractivity contribution in [2.24, 2.45) is 0 Å². The van der Waals surface area contributed by atoms with Crippen LogP contribution in [-0.4, -0.2) is 25.8 Å². The van der Waals surface area contributed by atoms with Gasteiger partial charge >= 0.3 is 12.1 Å². The second-order valence-corrected chi connectivity index (χ2v) is 3.89. The third-order valence-corrected chi connectivity index (χ3v) is 2.17. The first-order chi connectivity index (χ1) is 9.52. The molecule has 0 aliphatic heterocycles.